The lowest BCUT2D eigenvalue weighted by atomic mass is 9.95. The van der Waals surface area contributed by atoms with Gasteiger partial charge in [0.25, 0.3) is 11.8 Å². The van der Waals surface area contributed by atoms with E-state index in [2.05, 4.69) is 17.6 Å². The van der Waals surface area contributed by atoms with Crippen LogP contribution in [0.15, 0.2) is 24.3 Å². The van der Waals surface area contributed by atoms with Crippen molar-refractivity contribution in [2.75, 3.05) is 27.2 Å². The molecule has 1 heterocycles. The van der Waals surface area contributed by atoms with Crippen LogP contribution in [0.25, 0.3) is 0 Å². The Morgan fingerprint density at radius 2 is 1.81 bits per heavy atom. The van der Waals surface area contributed by atoms with Gasteiger partial charge in [0.15, 0.2) is 0 Å². The molecule has 1 fully saturated rings. The number of carbonyl (C=O) groups is 2. The number of rotatable bonds is 3. The van der Waals surface area contributed by atoms with E-state index in [0.29, 0.717) is 17.0 Å². The number of nitrogens with zero attached hydrogens (tertiary/aromatic N) is 1. The molecule has 2 atom stereocenters. The molecule has 1 aromatic carbocycles. The summed E-state index contributed by atoms with van der Waals surface area (Å²) in [4.78, 5) is 25.6. The highest BCUT2D eigenvalue weighted by Crippen LogP contribution is 2.12. The third-order valence-electron chi connectivity index (χ3n) is 3.90. The van der Waals surface area contributed by atoms with E-state index in [1.165, 1.54) is 4.90 Å². The molecule has 2 unspecified atom stereocenters. The summed E-state index contributed by atoms with van der Waals surface area (Å²) in [6, 6.07) is 7.02. The molecule has 21 heavy (non-hydrogen) atoms. The van der Waals surface area contributed by atoms with Gasteiger partial charge >= 0.3 is 0 Å². The summed E-state index contributed by atoms with van der Waals surface area (Å²) in [5.41, 5.74) is 1.18. The van der Waals surface area contributed by atoms with Crippen molar-refractivity contribution in [1.29, 1.82) is 0 Å². The number of piperidine rings is 1. The average molecular weight is 289 g/mol. The molecule has 5 heteroatoms. The molecule has 5 nitrogen and oxygen atoms in total. The molecule has 1 aliphatic rings. The highest BCUT2D eigenvalue weighted by atomic mass is 16.2. The fourth-order valence-corrected chi connectivity index (χ4v) is 2.50. The first-order valence-corrected chi connectivity index (χ1v) is 7.32. The Balaban J connectivity index is 2.01. The van der Waals surface area contributed by atoms with Crippen LogP contribution in [0.2, 0.25) is 0 Å². The van der Waals surface area contributed by atoms with Gasteiger partial charge in [-0.25, -0.2) is 0 Å². The Morgan fingerprint density at radius 1 is 1.19 bits per heavy atom. The Bertz CT molecular complexity index is 511. The van der Waals surface area contributed by atoms with Crippen LogP contribution in [0.4, 0.5) is 0 Å². The van der Waals surface area contributed by atoms with Crippen LogP contribution in [0.3, 0.4) is 0 Å². The van der Waals surface area contributed by atoms with Gasteiger partial charge in [-0.2, -0.15) is 0 Å². The minimum atomic E-state index is -0.0717. The molecule has 2 N–H and O–H groups in total. The lowest BCUT2D eigenvalue weighted by molar-refractivity contribution is 0.0826. The fraction of sp³-hybridized carbons (Fsp3) is 0.500. The average Bonchev–Trinajstić information content (AvgIpc) is 2.49. The first kappa shape index (κ1) is 15.5. The lowest BCUT2D eigenvalue weighted by Gasteiger charge is -2.30. The minimum absolute atomic E-state index is 0.0612. The number of nitrogens with one attached hydrogen (secondary N) is 2. The lowest BCUT2D eigenvalue weighted by Crippen LogP contribution is -2.48. The molecule has 2 amide bonds. The van der Waals surface area contributed by atoms with Gasteiger partial charge in [0, 0.05) is 31.3 Å². The molecular weight excluding hydrogens is 266 g/mol. The third-order valence-corrected chi connectivity index (χ3v) is 3.90. The summed E-state index contributed by atoms with van der Waals surface area (Å²) >= 11 is 0. The van der Waals surface area contributed by atoms with Gasteiger partial charge in [0.1, 0.15) is 0 Å². The Morgan fingerprint density at radius 3 is 2.38 bits per heavy atom. The second kappa shape index (κ2) is 6.72. The molecule has 1 aliphatic heterocycles. The molecule has 0 aliphatic carbocycles. The van der Waals surface area contributed by atoms with Crippen LogP contribution in [-0.4, -0.2) is 49.9 Å². The van der Waals surface area contributed by atoms with Crippen molar-refractivity contribution in [2.24, 2.45) is 5.92 Å². The maximum absolute atomic E-state index is 12.2. The molecule has 114 valence electrons. The van der Waals surface area contributed by atoms with E-state index < -0.39 is 0 Å². The zero-order valence-corrected chi connectivity index (χ0v) is 12.8. The van der Waals surface area contributed by atoms with Gasteiger partial charge in [-0.15, -0.1) is 0 Å². The fourth-order valence-electron chi connectivity index (χ4n) is 2.50. The molecule has 1 saturated heterocycles. The number of carbonyl (C=O) groups excluding carboxylic acids is 2. The van der Waals surface area contributed by atoms with E-state index in [9.17, 15) is 9.59 Å². The van der Waals surface area contributed by atoms with Crippen LogP contribution < -0.4 is 10.6 Å². The normalized spacial score (nSPS) is 21.7. The van der Waals surface area contributed by atoms with Crippen molar-refractivity contribution >= 4 is 11.8 Å². The van der Waals surface area contributed by atoms with E-state index in [0.717, 1.165) is 19.5 Å². The highest BCUT2D eigenvalue weighted by molar-refractivity contribution is 5.97. The van der Waals surface area contributed by atoms with Crippen molar-refractivity contribution in [3.05, 3.63) is 35.4 Å². The number of hydrogen-bond donors (Lipinski definition) is 2. The molecule has 0 saturated carbocycles. The van der Waals surface area contributed by atoms with Crippen LogP contribution in [0, 0.1) is 5.92 Å². The van der Waals surface area contributed by atoms with Crippen molar-refractivity contribution in [1.82, 2.24) is 15.5 Å². The first-order valence-electron chi connectivity index (χ1n) is 7.32. The highest BCUT2D eigenvalue weighted by Gasteiger charge is 2.23. The maximum Gasteiger partial charge on any atom is 0.253 e. The number of benzene rings is 1. The summed E-state index contributed by atoms with van der Waals surface area (Å²) in [5.74, 6) is 0.295. The molecule has 0 bridgehead atoms. The van der Waals surface area contributed by atoms with Crippen LogP contribution in [0.1, 0.15) is 34.1 Å². The summed E-state index contributed by atoms with van der Waals surface area (Å²) in [5, 5.41) is 6.40. The second-order valence-corrected chi connectivity index (χ2v) is 5.83. The van der Waals surface area contributed by atoms with E-state index in [1.807, 2.05) is 0 Å². The van der Waals surface area contributed by atoms with Crippen molar-refractivity contribution in [3.63, 3.8) is 0 Å². The Hall–Kier alpha value is -1.88. The maximum atomic E-state index is 12.2. The van der Waals surface area contributed by atoms with Gasteiger partial charge in [0.05, 0.1) is 0 Å². The molecule has 2 rings (SSSR count). The summed E-state index contributed by atoms with van der Waals surface area (Å²) in [7, 11) is 3.42. The largest absolute Gasteiger partial charge is 0.349 e. The molecule has 0 spiro atoms. The quantitative estimate of drug-likeness (QED) is 0.876. The molecular formula is C16H23N3O2. The number of amides is 2. The predicted molar refractivity (Wildman–Crippen MR) is 82.4 cm³/mol. The van der Waals surface area contributed by atoms with Gasteiger partial charge in [0.2, 0.25) is 0 Å². The molecule has 0 radical (unpaired) electrons. The summed E-state index contributed by atoms with van der Waals surface area (Å²) < 4.78 is 0. The van der Waals surface area contributed by atoms with Crippen LogP contribution in [-0.2, 0) is 0 Å². The topological polar surface area (TPSA) is 61.4 Å². The third kappa shape index (κ3) is 3.82. The molecule has 0 aromatic heterocycles. The van der Waals surface area contributed by atoms with E-state index >= 15 is 0 Å². The van der Waals surface area contributed by atoms with E-state index in [-0.39, 0.29) is 17.9 Å². The van der Waals surface area contributed by atoms with Gasteiger partial charge in [-0.3, -0.25) is 9.59 Å². The standard InChI is InChI=1S/C16H23N3O2/c1-11-10-17-9-8-14(11)18-15(20)12-4-6-13(7-5-12)16(21)19(2)3/h4-7,11,14,17H,8-10H2,1-3H3,(H,18,20). The summed E-state index contributed by atoms with van der Waals surface area (Å²) in [6.07, 6.45) is 0.949. The minimum Gasteiger partial charge on any atom is -0.349 e. The number of hydrogen-bond acceptors (Lipinski definition) is 3. The first-order chi connectivity index (χ1) is 9.99. The van der Waals surface area contributed by atoms with Crippen LogP contribution >= 0.6 is 0 Å². The van der Waals surface area contributed by atoms with Gasteiger partial charge < -0.3 is 15.5 Å². The van der Waals surface area contributed by atoms with Crippen molar-refractivity contribution < 1.29 is 9.59 Å². The predicted octanol–water partition coefficient (Wildman–Crippen LogP) is 1.12. The van der Waals surface area contributed by atoms with Gasteiger partial charge in [-0.05, 0) is 49.7 Å². The smallest absolute Gasteiger partial charge is 0.253 e. The molecule has 1 aromatic rings. The van der Waals surface area contributed by atoms with Crippen molar-refractivity contribution in [2.45, 2.75) is 19.4 Å². The Labute approximate surface area is 125 Å². The zero-order chi connectivity index (χ0) is 15.4. The van der Waals surface area contributed by atoms with E-state index in [4.69, 9.17) is 0 Å². The Kier molecular flexibility index (Phi) is 4.96. The monoisotopic (exact) mass is 289 g/mol. The SMILES string of the molecule is CC1CNCCC1NC(=O)c1ccc(C(=O)N(C)C)cc1. The zero-order valence-electron chi connectivity index (χ0n) is 12.8. The van der Waals surface area contributed by atoms with Crippen molar-refractivity contribution in [3.8, 4) is 0 Å². The van der Waals surface area contributed by atoms with E-state index in [1.54, 1.807) is 38.4 Å². The van der Waals surface area contributed by atoms with Gasteiger partial charge in [-0.1, -0.05) is 6.92 Å². The van der Waals surface area contributed by atoms with Crippen LogP contribution in [0.5, 0.6) is 0 Å². The summed E-state index contributed by atoms with van der Waals surface area (Å²) in [6.45, 7) is 4.00. The second-order valence-electron chi connectivity index (χ2n) is 5.83.